The Balaban J connectivity index is 2.23. The van der Waals surface area contributed by atoms with Crippen LogP contribution in [0.4, 0.5) is 0 Å². The van der Waals surface area contributed by atoms with E-state index in [1.807, 2.05) is 0 Å². The van der Waals surface area contributed by atoms with Crippen LogP contribution < -0.4 is 0 Å². The summed E-state index contributed by atoms with van der Waals surface area (Å²) in [4.78, 5) is 0.954. The Morgan fingerprint density at radius 2 is 1.58 bits per heavy atom. The van der Waals surface area contributed by atoms with E-state index in [9.17, 15) is 8.42 Å². The van der Waals surface area contributed by atoms with Crippen molar-refractivity contribution < 1.29 is 8.42 Å². The fraction of sp³-hybridized carbons (Fsp3) is 0. The number of sulfone groups is 1. The van der Waals surface area contributed by atoms with Crippen LogP contribution in [-0.4, -0.2) is 11.9 Å². The average molecular weight is 329 g/mol. The van der Waals surface area contributed by atoms with Gasteiger partial charge < -0.3 is 0 Å². The van der Waals surface area contributed by atoms with E-state index in [-0.39, 0.29) is 8.42 Å². The van der Waals surface area contributed by atoms with Gasteiger partial charge >= 0.3 is 0 Å². The second-order valence-electron chi connectivity index (χ2n) is 3.62. The third-order valence-corrected chi connectivity index (χ3v) is 6.36. The summed E-state index contributed by atoms with van der Waals surface area (Å²) in [6.45, 7) is 0. The molecule has 98 valence electrons. The van der Waals surface area contributed by atoms with Crippen LogP contribution in [0.25, 0.3) is 0 Å². The lowest BCUT2D eigenvalue weighted by molar-refractivity contribution is 0.608. The van der Waals surface area contributed by atoms with E-state index in [2.05, 4.69) is 0 Å². The summed E-state index contributed by atoms with van der Waals surface area (Å²) in [5, 5.41) is 0.598. The molecule has 0 bridgehead atoms. The van der Waals surface area contributed by atoms with Crippen molar-refractivity contribution in [1.29, 1.82) is 0 Å². The van der Waals surface area contributed by atoms with Crippen molar-refractivity contribution in [2.45, 2.75) is 9.79 Å². The fourth-order valence-corrected chi connectivity index (χ4v) is 4.24. The highest BCUT2D eigenvalue weighted by Crippen LogP contribution is 2.27. The predicted octanol–water partition coefficient (Wildman–Crippen LogP) is 4.19. The number of thiocarbonyl (C=S) groups is 1. The molecule has 0 saturated carbocycles. The molecule has 2 rings (SSSR count). The maximum absolute atomic E-state index is 12.2. The van der Waals surface area contributed by atoms with Crippen molar-refractivity contribution in [3.05, 3.63) is 59.6 Å². The van der Waals surface area contributed by atoms with E-state index in [0.717, 1.165) is 16.7 Å². The molecule has 0 heterocycles. The van der Waals surface area contributed by atoms with Gasteiger partial charge in [0.1, 0.15) is 0 Å². The highest BCUT2D eigenvalue weighted by Gasteiger charge is 2.21. The summed E-state index contributed by atoms with van der Waals surface area (Å²) >= 11 is 11.8. The predicted molar refractivity (Wildman–Crippen MR) is 83.5 cm³/mol. The van der Waals surface area contributed by atoms with E-state index < -0.39 is 9.84 Å². The second kappa shape index (κ2) is 6.05. The van der Waals surface area contributed by atoms with Gasteiger partial charge in [-0.3, -0.25) is 0 Å². The quantitative estimate of drug-likeness (QED) is 0.611. The first-order valence-electron chi connectivity index (χ1n) is 5.27. The molecular formula is C13H9ClO2S3. The molecule has 2 nitrogen and oxygen atoms in total. The Labute approximate surface area is 126 Å². The van der Waals surface area contributed by atoms with E-state index in [1.165, 1.54) is 12.1 Å². The Kier molecular flexibility index (Phi) is 4.62. The summed E-state index contributed by atoms with van der Waals surface area (Å²) in [5.41, 5.74) is 0. The summed E-state index contributed by atoms with van der Waals surface area (Å²) in [6, 6.07) is 15.0. The lowest BCUT2D eigenvalue weighted by Crippen LogP contribution is -2.09. The molecule has 2 aromatic carbocycles. The van der Waals surface area contributed by atoms with Crippen molar-refractivity contribution in [3.8, 4) is 0 Å². The molecule has 0 aliphatic carbocycles. The largest absolute Gasteiger partial charge is 0.223 e. The van der Waals surface area contributed by atoms with Crippen molar-refractivity contribution >= 4 is 48.9 Å². The van der Waals surface area contributed by atoms with Gasteiger partial charge in [0.15, 0.2) is 3.53 Å². The van der Waals surface area contributed by atoms with Gasteiger partial charge in [-0.1, -0.05) is 53.8 Å². The molecule has 0 spiro atoms. The fourth-order valence-electron chi connectivity index (χ4n) is 1.35. The standard InChI is InChI=1S/C13H9ClO2S3/c14-10-6-8-11(9-7-10)18-13(17)19(15,16)12-4-2-1-3-5-12/h1-9H. The summed E-state index contributed by atoms with van der Waals surface area (Å²) in [6.07, 6.45) is 0. The molecule has 0 aliphatic rings. The molecule has 0 amide bonds. The third kappa shape index (κ3) is 3.57. The number of thioether (sulfide) groups is 1. The van der Waals surface area contributed by atoms with Gasteiger partial charge in [-0.15, -0.1) is 0 Å². The van der Waals surface area contributed by atoms with Crippen LogP contribution in [0.2, 0.25) is 5.02 Å². The molecule has 2 aromatic rings. The van der Waals surface area contributed by atoms with E-state index in [0.29, 0.717) is 5.02 Å². The minimum absolute atomic E-state index is 0.0685. The van der Waals surface area contributed by atoms with Gasteiger partial charge in [-0.2, -0.15) is 0 Å². The van der Waals surface area contributed by atoms with Crippen molar-refractivity contribution in [3.63, 3.8) is 0 Å². The molecular weight excluding hydrogens is 320 g/mol. The minimum Gasteiger partial charge on any atom is -0.217 e. The maximum atomic E-state index is 12.2. The molecule has 0 atom stereocenters. The molecule has 0 saturated heterocycles. The Morgan fingerprint density at radius 3 is 2.16 bits per heavy atom. The average Bonchev–Trinajstić information content (AvgIpc) is 2.42. The zero-order chi connectivity index (χ0) is 13.9. The number of hydrogen-bond donors (Lipinski definition) is 0. The smallest absolute Gasteiger partial charge is 0.217 e. The maximum Gasteiger partial charge on any atom is 0.223 e. The molecule has 0 aromatic heterocycles. The van der Waals surface area contributed by atoms with Crippen LogP contribution in [0.15, 0.2) is 64.4 Å². The van der Waals surface area contributed by atoms with Crippen LogP contribution in [-0.2, 0) is 9.84 Å². The van der Waals surface area contributed by atoms with Crippen molar-refractivity contribution in [2.75, 3.05) is 0 Å². The zero-order valence-electron chi connectivity index (χ0n) is 9.62. The van der Waals surface area contributed by atoms with Crippen LogP contribution in [0.1, 0.15) is 0 Å². The number of hydrogen-bond acceptors (Lipinski definition) is 4. The van der Waals surface area contributed by atoms with Gasteiger partial charge in [-0.25, -0.2) is 8.42 Å². The van der Waals surface area contributed by atoms with E-state index in [1.54, 1.807) is 42.5 Å². The topological polar surface area (TPSA) is 34.1 Å². The van der Waals surface area contributed by atoms with Crippen molar-refractivity contribution in [1.82, 2.24) is 0 Å². The summed E-state index contributed by atoms with van der Waals surface area (Å²) < 4.78 is 24.4. The van der Waals surface area contributed by atoms with Crippen molar-refractivity contribution in [2.24, 2.45) is 0 Å². The third-order valence-electron chi connectivity index (χ3n) is 2.29. The number of halogens is 1. The van der Waals surface area contributed by atoms with E-state index >= 15 is 0 Å². The monoisotopic (exact) mass is 328 g/mol. The van der Waals surface area contributed by atoms with Crippen LogP contribution >= 0.6 is 35.6 Å². The Bertz CT molecular complexity index is 680. The molecule has 0 unspecified atom stereocenters. The Hall–Kier alpha value is -0.880. The van der Waals surface area contributed by atoms with Gasteiger partial charge in [0.25, 0.3) is 0 Å². The SMILES string of the molecule is O=S(=O)(C(=S)Sc1ccc(Cl)cc1)c1ccccc1. The van der Waals surface area contributed by atoms with Crippen LogP contribution in [0.5, 0.6) is 0 Å². The molecule has 0 N–H and O–H groups in total. The summed E-state index contributed by atoms with van der Waals surface area (Å²) in [5.74, 6) is 0. The second-order valence-corrected chi connectivity index (χ2v) is 8.21. The summed E-state index contributed by atoms with van der Waals surface area (Å²) in [7, 11) is -3.59. The van der Waals surface area contributed by atoms with E-state index in [4.69, 9.17) is 23.8 Å². The lowest BCUT2D eigenvalue weighted by atomic mass is 10.4. The van der Waals surface area contributed by atoms with Crippen LogP contribution in [0.3, 0.4) is 0 Å². The molecule has 19 heavy (non-hydrogen) atoms. The van der Waals surface area contributed by atoms with Gasteiger partial charge in [-0.05, 0) is 36.4 Å². The van der Waals surface area contributed by atoms with Gasteiger partial charge in [0, 0.05) is 9.92 Å². The number of rotatable bonds is 2. The minimum atomic E-state index is -3.59. The first-order valence-corrected chi connectivity index (χ1v) is 8.36. The molecule has 0 aliphatic heterocycles. The first kappa shape index (κ1) is 14.5. The molecule has 0 fully saturated rings. The highest BCUT2D eigenvalue weighted by molar-refractivity contribution is 8.44. The highest BCUT2D eigenvalue weighted by atomic mass is 35.5. The van der Waals surface area contributed by atoms with Gasteiger partial charge in [0.2, 0.25) is 9.84 Å². The molecule has 6 heteroatoms. The normalized spacial score (nSPS) is 11.2. The molecule has 0 radical (unpaired) electrons. The zero-order valence-corrected chi connectivity index (χ0v) is 12.8. The lowest BCUT2D eigenvalue weighted by Gasteiger charge is -2.05. The van der Waals surface area contributed by atoms with Crippen LogP contribution in [0, 0.1) is 0 Å². The Morgan fingerprint density at radius 1 is 1.00 bits per heavy atom. The first-order chi connectivity index (χ1) is 9.00. The number of benzene rings is 2. The van der Waals surface area contributed by atoms with Gasteiger partial charge in [0.05, 0.1) is 4.90 Å².